The van der Waals surface area contributed by atoms with Gasteiger partial charge < -0.3 is 10.2 Å². The predicted molar refractivity (Wildman–Crippen MR) is 71.4 cm³/mol. The van der Waals surface area contributed by atoms with Gasteiger partial charge in [0.15, 0.2) is 0 Å². The van der Waals surface area contributed by atoms with Crippen molar-refractivity contribution in [3.8, 4) is 0 Å². The van der Waals surface area contributed by atoms with Crippen LogP contribution in [0, 0.1) is 5.92 Å². The molecule has 0 bridgehead atoms. The summed E-state index contributed by atoms with van der Waals surface area (Å²) in [5.74, 6) is -0.643. The molecule has 4 amide bonds. The molecular formula is C13H23N3O3. The maximum absolute atomic E-state index is 12.3. The van der Waals surface area contributed by atoms with Crippen molar-refractivity contribution in [2.45, 2.75) is 46.1 Å². The van der Waals surface area contributed by atoms with Gasteiger partial charge in [-0.15, -0.1) is 0 Å². The minimum atomic E-state index is -0.988. The number of imide groups is 1. The van der Waals surface area contributed by atoms with Crippen molar-refractivity contribution in [1.82, 2.24) is 15.5 Å². The van der Waals surface area contributed by atoms with Crippen LogP contribution in [0.3, 0.4) is 0 Å². The Morgan fingerprint density at radius 1 is 1.37 bits per heavy atom. The molecule has 0 radical (unpaired) electrons. The van der Waals surface area contributed by atoms with Crippen LogP contribution >= 0.6 is 0 Å². The molecule has 0 saturated carbocycles. The summed E-state index contributed by atoms with van der Waals surface area (Å²) in [5.41, 5.74) is -0.988. The van der Waals surface area contributed by atoms with E-state index >= 15 is 0 Å². The highest BCUT2D eigenvalue weighted by Crippen LogP contribution is 2.22. The van der Waals surface area contributed by atoms with Crippen molar-refractivity contribution in [2.24, 2.45) is 5.92 Å². The zero-order valence-electron chi connectivity index (χ0n) is 12.1. The first-order valence-electron chi connectivity index (χ1n) is 6.76. The van der Waals surface area contributed by atoms with E-state index in [4.69, 9.17) is 0 Å². The summed E-state index contributed by atoms with van der Waals surface area (Å²) in [6, 6.07) is -0.493. The topological polar surface area (TPSA) is 78.5 Å². The third kappa shape index (κ3) is 3.45. The van der Waals surface area contributed by atoms with Crippen LogP contribution in [0.25, 0.3) is 0 Å². The van der Waals surface area contributed by atoms with Crippen molar-refractivity contribution in [1.29, 1.82) is 0 Å². The zero-order chi connectivity index (χ0) is 14.6. The van der Waals surface area contributed by atoms with Crippen LogP contribution in [-0.2, 0) is 9.59 Å². The fourth-order valence-electron chi connectivity index (χ4n) is 2.43. The normalized spacial score (nSPS) is 23.8. The van der Waals surface area contributed by atoms with Crippen LogP contribution in [0.5, 0.6) is 0 Å². The largest absolute Gasteiger partial charge is 0.343 e. The maximum Gasteiger partial charge on any atom is 0.322 e. The molecule has 6 heteroatoms. The molecule has 2 N–H and O–H groups in total. The SMILES string of the molecule is CCCN(CC)C(=O)C(C)CC1(C)NC(=O)NC1=O. The highest BCUT2D eigenvalue weighted by atomic mass is 16.2. The van der Waals surface area contributed by atoms with Gasteiger partial charge >= 0.3 is 6.03 Å². The Bertz CT molecular complexity index is 383. The number of rotatable bonds is 6. The van der Waals surface area contributed by atoms with Gasteiger partial charge in [0.05, 0.1) is 0 Å². The van der Waals surface area contributed by atoms with Gasteiger partial charge in [0.1, 0.15) is 5.54 Å². The molecule has 108 valence electrons. The highest BCUT2D eigenvalue weighted by Gasteiger charge is 2.43. The highest BCUT2D eigenvalue weighted by molar-refractivity contribution is 6.06. The number of nitrogens with one attached hydrogen (secondary N) is 2. The summed E-state index contributed by atoms with van der Waals surface area (Å²) >= 11 is 0. The lowest BCUT2D eigenvalue weighted by molar-refractivity contribution is -0.136. The number of carbonyl (C=O) groups excluding carboxylic acids is 3. The molecule has 1 aliphatic rings. The fourth-order valence-corrected chi connectivity index (χ4v) is 2.43. The van der Waals surface area contributed by atoms with Crippen molar-refractivity contribution < 1.29 is 14.4 Å². The number of amides is 4. The van der Waals surface area contributed by atoms with Crippen molar-refractivity contribution >= 4 is 17.8 Å². The number of hydrogen-bond donors (Lipinski definition) is 2. The first-order valence-corrected chi connectivity index (χ1v) is 6.76. The second-order valence-corrected chi connectivity index (χ2v) is 5.26. The minimum Gasteiger partial charge on any atom is -0.343 e. The van der Waals surface area contributed by atoms with Crippen LogP contribution in [0.1, 0.15) is 40.5 Å². The van der Waals surface area contributed by atoms with Gasteiger partial charge in [-0.25, -0.2) is 4.79 Å². The lowest BCUT2D eigenvalue weighted by Gasteiger charge is -2.28. The summed E-state index contributed by atoms with van der Waals surface area (Å²) in [6.45, 7) is 8.77. The molecular weight excluding hydrogens is 246 g/mol. The van der Waals surface area contributed by atoms with E-state index in [0.29, 0.717) is 13.0 Å². The lowest BCUT2D eigenvalue weighted by atomic mass is 9.89. The van der Waals surface area contributed by atoms with Gasteiger partial charge in [0, 0.05) is 19.0 Å². The van der Waals surface area contributed by atoms with Crippen molar-refractivity contribution in [3.63, 3.8) is 0 Å². The monoisotopic (exact) mass is 269 g/mol. The van der Waals surface area contributed by atoms with Crippen LogP contribution < -0.4 is 10.6 Å². The molecule has 2 atom stereocenters. The third-order valence-electron chi connectivity index (χ3n) is 3.44. The third-order valence-corrected chi connectivity index (χ3v) is 3.44. The molecule has 1 fully saturated rings. The average Bonchev–Trinajstić information content (AvgIpc) is 2.58. The first-order chi connectivity index (χ1) is 8.84. The van der Waals surface area contributed by atoms with E-state index in [-0.39, 0.29) is 17.7 Å². The van der Waals surface area contributed by atoms with Gasteiger partial charge in [-0.1, -0.05) is 13.8 Å². The molecule has 0 aromatic carbocycles. The molecule has 1 aliphatic heterocycles. The Morgan fingerprint density at radius 2 is 2.00 bits per heavy atom. The van der Waals surface area contributed by atoms with Crippen molar-refractivity contribution in [3.05, 3.63) is 0 Å². The molecule has 0 aromatic rings. The number of urea groups is 1. The van der Waals surface area contributed by atoms with Crippen LogP contribution in [0.4, 0.5) is 4.79 Å². The fraction of sp³-hybridized carbons (Fsp3) is 0.769. The van der Waals surface area contributed by atoms with E-state index in [1.807, 2.05) is 13.8 Å². The molecule has 1 saturated heterocycles. The Labute approximate surface area is 113 Å². The molecule has 6 nitrogen and oxygen atoms in total. The molecule has 19 heavy (non-hydrogen) atoms. The molecule has 0 aromatic heterocycles. The Hall–Kier alpha value is -1.59. The quantitative estimate of drug-likeness (QED) is 0.702. The smallest absolute Gasteiger partial charge is 0.322 e. The summed E-state index contributed by atoms with van der Waals surface area (Å²) in [5, 5.41) is 4.79. The maximum atomic E-state index is 12.3. The second kappa shape index (κ2) is 6.04. The van der Waals surface area contributed by atoms with E-state index in [1.165, 1.54) is 0 Å². The predicted octanol–water partition coefficient (Wildman–Crippen LogP) is 0.869. The summed E-state index contributed by atoms with van der Waals surface area (Å²) in [4.78, 5) is 36.9. The van der Waals surface area contributed by atoms with E-state index in [0.717, 1.165) is 13.0 Å². The second-order valence-electron chi connectivity index (χ2n) is 5.26. The van der Waals surface area contributed by atoms with E-state index in [2.05, 4.69) is 10.6 Å². The van der Waals surface area contributed by atoms with Crippen molar-refractivity contribution in [2.75, 3.05) is 13.1 Å². The Balaban J connectivity index is 2.68. The van der Waals surface area contributed by atoms with Gasteiger partial charge in [-0.3, -0.25) is 14.9 Å². The summed E-state index contributed by atoms with van der Waals surface area (Å²) in [6.07, 6.45) is 1.21. The molecule has 2 unspecified atom stereocenters. The van der Waals surface area contributed by atoms with Gasteiger partial charge in [0.25, 0.3) is 5.91 Å². The Kier molecular flexibility index (Phi) is 4.91. The number of carbonyl (C=O) groups is 3. The van der Waals surface area contributed by atoms with E-state index < -0.39 is 11.6 Å². The number of nitrogens with zero attached hydrogens (tertiary/aromatic N) is 1. The van der Waals surface area contributed by atoms with E-state index in [9.17, 15) is 14.4 Å². The van der Waals surface area contributed by atoms with Crippen LogP contribution in [0.15, 0.2) is 0 Å². The summed E-state index contributed by atoms with van der Waals surface area (Å²) < 4.78 is 0. The van der Waals surface area contributed by atoms with Gasteiger partial charge in [-0.2, -0.15) is 0 Å². The minimum absolute atomic E-state index is 0.0273. The molecule has 0 spiro atoms. The Morgan fingerprint density at radius 3 is 2.42 bits per heavy atom. The zero-order valence-corrected chi connectivity index (χ0v) is 12.1. The summed E-state index contributed by atoms with van der Waals surface area (Å²) in [7, 11) is 0. The molecule has 1 rings (SSSR count). The van der Waals surface area contributed by atoms with Crippen LogP contribution in [-0.4, -0.2) is 41.4 Å². The van der Waals surface area contributed by atoms with Crippen LogP contribution in [0.2, 0.25) is 0 Å². The standard InChI is InChI=1S/C13H23N3O3/c1-5-7-16(6-2)10(17)9(3)8-13(4)11(18)14-12(19)15-13/h9H,5-8H2,1-4H3,(H2,14,15,18,19). The number of hydrogen-bond acceptors (Lipinski definition) is 3. The van der Waals surface area contributed by atoms with Gasteiger partial charge in [0.2, 0.25) is 5.91 Å². The molecule has 1 heterocycles. The average molecular weight is 269 g/mol. The van der Waals surface area contributed by atoms with Gasteiger partial charge in [-0.05, 0) is 26.7 Å². The molecule has 0 aliphatic carbocycles. The van der Waals surface area contributed by atoms with E-state index in [1.54, 1.807) is 18.7 Å². The lowest BCUT2D eigenvalue weighted by Crippen LogP contribution is -2.47. The first kappa shape index (κ1) is 15.5.